The number of nitrogens with zero attached hydrogens (tertiary/aromatic N) is 4. The number of nitrogens with two attached hydrogens (primary N) is 1. The van der Waals surface area contributed by atoms with Gasteiger partial charge in [-0.15, -0.1) is 0 Å². The summed E-state index contributed by atoms with van der Waals surface area (Å²) < 4.78 is 1.96. The maximum absolute atomic E-state index is 12.8. The smallest absolute Gasteiger partial charge is 0.332 e. The first-order valence-electron chi connectivity index (χ1n) is 7.64. The molecule has 2 heterocycles. The van der Waals surface area contributed by atoms with E-state index < -0.39 is 22.3 Å². The van der Waals surface area contributed by atoms with Crippen LogP contribution in [0.5, 0.6) is 0 Å². The van der Waals surface area contributed by atoms with Crippen molar-refractivity contribution >= 4 is 23.4 Å². The molecule has 2 N–H and O–H groups in total. The average molecular weight is 363 g/mol. The van der Waals surface area contributed by atoms with Crippen LogP contribution in [0.3, 0.4) is 0 Å². The van der Waals surface area contributed by atoms with E-state index in [1.807, 2.05) is 20.8 Å². The van der Waals surface area contributed by atoms with Gasteiger partial charge in [0.15, 0.2) is 10.9 Å². The molecule has 9 heteroatoms. The van der Waals surface area contributed by atoms with Crippen molar-refractivity contribution in [1.29, 1.82) is 0 Å². The largest absolute Gasteiger partial charge is 0.384 e. The van der Waals surface area contributed by atoms with Gasteiger partial charge in [-0.3, -0.25) is 18.7 Å². The summed E-state index contributed by atoms with van der Waals surface area (Å²) in [5.41, 5.74) is 7.06. The SMILES string of the molecule is Cc1nc(SC(C)C(=O)c2c(N)n(C)c(=O)n(C)c2=O)nc(C)c1C. The fourth-order valence-corrected chi connectivity index (χ4v) is 3.22. The van der Waals surface area contributed by atoms with Crippen molar-refractivity contribution in [1.82, 2.24) is 19.1 Å². The Balaban J connectivity index is 2.42. The second-order valence-electron chi connectivity index (χ2n) is 5.89. The lowest BCUT2D eigenvalue weighted by atomic mass is 10.1. The lowest BCUT2D eigenvalue weighted by Gasteiger charge is -2.14. The Morgan fingerprint density at radius 1 is 1.08 bits per heavy atom. The highest BCUT2D eigenvalue weighted by molar-refractivity contribution is 8.00. The Labute approximate surface area is 149 Å². The predicted molar refractivity (Wildman–Crippen MR) is 97.2 cm³/mol. The molecule has 0 saturated carbocycles. The minimum atomic E-state index is -0.699. The van der Waals surface area contributed by atoms with Gasteiger partial charge in [0.05, 0.1) is 5.25 Å². The zero-order chi connectivity index (χ0) is 19.0. The molecule has 0 aliphatic rings. The van der Waals surface area contributed by atoms with Crippen LogP contribution in [0, 0.1) is 20.8 Å². The Kier molecular flexibility index (Phi) is 5.17. The molecule has 0 amide bonds. The molecule has 8 nitrogen and oxygen atoms in total. The number of aromatic nitrogens is 4. The maximum atomic E-state index is 12.8. The number of aryl methyl sites for hydroxylation is 2. The third-order valence-corrected chi connectivity index (χ3v) is 5.18. The molecule has 134 valence electrons. The van der Waals surface area contributed by atoms with Gasteiger partial charge in [-0.25, -0.2) is 14.8 Å². The molecule has 2 aromatic heterocycles. The second-order valence-corrected chi connectivity index (χ2v) is 7.20. The Bertz CT molecular complexity index is 954. The van der Waals surface area contributed by atoms with Crippen LogP contribution in [0.4, 0.5) is 5.82 Å². The van der Waals surface area contributed by atoms with Gasteiger partial charge in [-0.2, -0.15) is 0 Å². The topological polar surface area (TPSA) is 113 Å². The van der Waals surface area contributed by atoms with Gasteiger partial charge in [-0.1, -0.05) is 11.8 Å². The lowest BCUT2D eigenvalue weighted by Crippen LogP contribution is -2.42. The summed E-state index contributed by atoms with van der Waals surface area (Å²) in [6.45, 7) is 7.34. The zero-order valence-electron chi connectivity index (χ0n) is 15.1. The summed E-state index contributed by atoms with van der Waals surface area (Å²) in [6, 6.07) is 0. The van der Waals surface area contributed by atoms with Crippen LogP contribution in [-0.2, 0) is 14.1 Å². The first-order valence-corrected chi connectivity index (χ1v) is 8.52. The molecule has 0 fully saturated rings. The van der Waals surface area contributed by atoms with Crippen LogP contribution in [0.15, 0.2) is 14.7 Å². The highest BCUT2D eigenvalue weighted by Gasteiger charge is 2.26. The number of ketones is 1. The van der Waals surface area contributed by atoms with Crippen molar-refractivity contribution in [3.63, 3.8) is 0 Å². The molecule has 0 saturated heterocycles. The quantitative estimate of drug-likeness (QED) is 0.484. The van der Waals surface area contributed by atoms with E-state index in [1.54, 1.807) is 6.92 Å². The van der Waals surface area contributed by atoms with Crippen molar-refractivity contribution in [2.75, 3.05) is 5.73 Å². The Morgan fingerprint density at radius 3 is 2.12 bits per heavy atom. The molecule has 0 radical (unpaired) electrons. The number of carbonyl (C=O) groups is 1. The molecule has 1 atom stereocenters. The van der Waals surface area contributed by atoms with Gasteiger partial charge in [0.1, 0.15) is 11.4 Å². The average Bonchev–Trinajstić information content (AvgIpc) is 2.56. The number of rotatable bonds is 4. The normalized spacial score (nSPS) is 12.2. The number of carbonyl (C=O) groups excluding carboxylic acids is 1. The van der Waals surface area contributed by atoms with E-state index in [0.717, 1.165) is 37.8 Å². The fraction of sp³-hybridized carbons (Fsp3) is 0.438. The third-order valence-electron chi connectivity index (χ3n) is 4.22. The van der Waals surface area contributed by atoms with Crippen molar-refractivity contribution in [3.05, 3.63) is 43.4 Å². The van der Waals surface area contributed by atoms with E-state index in [1.165, 1.54) is 14.1 Å². The van der Waals surface area contributed by atoms with E-state index >= 15 is 0 Å². The molecular formula is C16H21N5O3S. The molecular weight excluding hydrogens is 342 g/mol. The molecule has 0 aliphatic heterocycles. The van der Waals surface area contributed by atoms with Crippen LogP contribution in [0.1, 0.15) is 34.2 Å². The lowest BCUT2D eigenvalue weighted by molar-refractivity contribution is 0.0992. The fourth-order valence-electron chi connectivity index (χ4n) is 2.30. The number of thioether (sulfide) groups is 1. The van der Waals surface area contributed by atoms with Crippen LogP contribution < -0.4 is 17.0 Å². The first kappa shape index (κ1) is 18.9. The van der Waals surface area contributed by atoms with E-state index in [4.69, 9.17) is 5.73 Å². The number of anilines is 1. The minimum Gasteiger partial charge on any atom is -0.384 e. The van der Waals surface area contributed by atoms with Crippen LogP contribution in [0.25, 0.3) is 0 Å². The molecule has 0 aliphatic carbocycles. The summed E-state index contributed by atoms with van der Waals surface area (Å²) in [5, 5.41) is -0.171. The molecule has 25 heavy (non-hydrogen) atoms. The van der Waals surface area contributed by atoms with Gasteiger partial charge in [0, 0.05) is 25.5 Å². The first-order chi connectivity index (χ1) is 11.6. The van der Waals surface area contributed by atoms with Crippen LogP contribution in [0.2, 0.25) is 0 Å². The van der Waals surface area contributed by atoms with Crippen molar-refractivity contribution in [3.8, 4) is 0 Å². The van der Waals surface area contributed by atoms with Crippen LogP contribution >= 0.6 is 11.8 Å². The van der Waals surface area contributed by atoms with Gasteiger partial charge in [0.25, 0.3) is 5.56 Å². The monoisotopic (exact) mass is 363 g/mol. The summed E-state index contributed by atoms with van der Waals surface area (Å²) in [7, 11) is 2.73. The molecule has 2 aromatic rings. The summed E-state index contributed by atoms with van der Waals surface area (Å²) >= 11 is 1.15. The van der Waals surface area contributed by atoms with Crippen molar-refractivity contribution in [2.45, 2.75) is 38.1 Å². The van der Waals surface area contributed by atoms with E-state index in [0.29, 0.717) is 5.16 Å². The number of hydrogen-bond donors (Lipinski definition) is 1. The molecule has 0 aromatic carbocycles. The highest BCUT2D eigenvalue weighted by atomic mass is 32.2. The summed E-state index contributed by atoms with van der Waals surface area (Å²) in [5.74, 6) is -0.596. The number of nitrogen functional groups attached to an aromatic ring is 1. The minimum absolute atomic E-state index is 0.136. The molecule has 0 spiro atoms. The van der Waals surface area contributed by atoms with E-state index in [9.17, 15) is 14.4 Å². The predicted octanol–water partition coefficient (Wildman–Crippen LogP) is 0.745. The summed E-state index contributed by atoms with van der Waals surface area (Å²) in [6.07, 6.45) is 0. The van der Waals surface area contributed by atoms with E-state index in [-0.39, 0.29) is 11.4 Å². The summed E-state index contributed by atoms with van der Waals surface area (Å²) in [4.78, 5) is 45.7. The van der Waals surface area contributed by atoms with Gasteiger partial charge < -0.3 is 5.73 Å². The van der Waals surface area contributed by atoms with Gasteiger partial charge in [-0.05, 0) is 33.3 Å². The van der Waals surface area contributed by atoms with Crippen molar-refractivity contribution < 1.29 is 4.79 Å². The number of hydrogen-bond acceptors (Lipinski definition) is 7. The standard InChI is InChI=1S/C16H21N5O3S/c1-7-8(2)18-15(19-9(7)3)25-10(4)12(22)11-13(17)20(5)16(24)21(6)14(11)23/h10H,17H2,1-6H3. The van der Waals surface area contributed by atoms with Crippen LogP contribution in [-0.4, -0.2) is 30.1 Å². The van der Waals surface area contributed by atoms with Gasteiger partial charge in [0.2, 0.25) is 0 Å². The number of Topliss-reactive ketones (excluding diaryl/α,β-unsaturated/α-hetero) is 1. The highest BCUT2D eigenvalue weighted by Crippen LogP contribution is 2.24. The maximum Gasteiger partial charge on any atom is 0.332 e. The zero-order valence-corrected chi connectivity index (χ0v) is 15.9. The third kappa shape index (κ3) is 3.37. The second kappa shape index (κ2) is 6.83. The van der Waals surface area contributed by atoms with E-state index in [2.05, 4.69) is 9.97 Å². The molecule has 2 rings (SSSR count). The Morgan fingerprint density at radius 2 is 1.60 bits per heavy atom. The Hall–Kier alpha value is -2.42. The molecule has 0 bridgehead atoms. The molecule has 1 unspecified atom stereocenters. The van der Waals surface area contributed by atoms with Crippen molar-refractivity contribution in [2.24, 2.45) is 14.1 Å². The van der Waals surface area contributed by atoms with Gasteiger partial charge >= 0.3 is 5.69 Å².